The van der Waals surface area contributed by atoms with Gasteiger partial charge < -0.3 is 0 Å². The van der Waals surface area contributed by atoms with Crippen LogP contribution in [0.1, 0.15) is 84.1 Å². The van der Waals surface area contributed by atoms with Crippen LogP contribution in [-0.4, -0.2) is 9.78 Å². The van der Waals surface area contributed by atoms with Crippen molar-refractivity contribution in [2.24, 2.45) is 0 Å². The zero-order valence-electron chi connectivity index (χ0n) is 14.0. The molecule has 0 N–H and O–H groups in total. The Bertz CT molecular complexity index is 431. The molecule has 1 rings (SSSR count). The van der Waals surface area contributed by atoms with Gasteiger partial charge in [0.25, 0.3) is 0 Å². The third kappa shape index (κ3) is 5.52. The Hall–Kier alpha value is 0.420. The molecule has 0 aliphatic carbocycles. The van der Waals surface area contributed by atoms with Crippen molar-refractivity contribution in [2.45, 2.75) is 91.0 Å². The molecular formula is C17H30BrIN2. The van der Waals surface area contributed by atoms with Crippen LogP contribution in [0.2, 0.25) is 0 Å². The molecule has 0 fully saturated rings. The van der Waals surface area contributed by atoms with E-state index in [1.165, 1.54) is 68.0 Å². The maximum atomic E-state index is 4.81. The van der Waals surface area contributed by atoms with Crippen LogP contribution in [-0.2, 0) is 5.54 Å². The summed E-state index contributed by atoms with van der Waals surface area (Å²) in [5, 5.41) is 4.81. The van der Waals surface area contributed by atoms with E-state index in [-0.39, 0.29) is 5.54 Å². The van der Waals surface area contributed by atoms with Crippen LogP contribution < -0.4 is 0 Å². The van der Waals surface area contributed by atoms with Crippen molar-refractivity contribution in [3.8, 4) is 0 Å². The van der Waals surface area contributed by atoms with Gasteiger partial charge in [-0.3, -0.25) is 4.68 Å². The van der Waals surface area contributed by atoms with Crippen molar-refractivity contribution in [3.05, 3.63) is 13.9 Å². The van der Waals surface area contributed by atoms with E-state index in [1.807, 2.05) is 0 Å². The smallest absolute Gasteiger partial charge is 0.127 e. The van der Waals surface area contributed by atoms with E-state index in [0.29, 0.717) is 0 Å². The standard InChI is InChI=1S/C17H30BrIN2/c1-5-7-9-10-11-13-17(4,12-8-6-2)21-15(18)14(3)16(19)20-21/h5-13H2,1-4H3. The number of hydrogen-bond donors (Lipinski definition) is 0. The first-order chi connectivity index (χ1) is 9.96. The molecule has 21 heavy (non-hydrogen) atoms. The third-order valence-electron chi connectivity index (χ3n) is 4.39. The summed E-state index contributed by atoms with van der Waals surface area (Å²) < 4.78 is 4.53. The van der Waals surface area contributed by atoms with Gasteiger partial charge in [0, 0.05) is 5.56 Å². The topological polar surface area (TPSA) is 17.8 Å². The highest BCUT2D eigenvalue weighted by molar-refractivity contribution is 14.1. The first-order valence-corrected chi connectivity index (χ1v) is 10.2. The maximum absolute atomic E-state index is 4.81. The fourth-order valence-corrected chi connectivity index (χ4v) is 4.35. The normalized spacial score (nSPS) is 14.4. The fourth-order valence-electron chi connectivity index (χ4n) is 2.81. The summed E-state index contributed by atoms with van der Waals surface area (Å²) in [5.41, 5.74) is 1.42. The molecule has 4 heteroatoms. The minimum absolute atomic E-state index is 0.148. The fraction of sp³-hybridized carbons (Fsp3) is 0.824. The van der Waals surface area contributed by atoms with E-state index in [4.69, 9.17) is 5.10 Å². The van der Waals surface area contributed by atoms with Gasteiger partial charge >= 0.3 is 0 Å². The molecule has 0 saturated heterocycles. The zero-order chi connectivity index (χ0) is 15.9. The van der Waals surface area contributed by atoms with Gasteiger partial charge in [0.05, 0.1) is 5.54 Å². The second-order valence-corrected chi connectivity index (χ2v) is 8.16. The van der Waals surface area contributed by atoms with Gasteiger partial charge in [-0.05, 0) is 65.2 Å². The molecule has 0 saturated carbocycles. The van der Waals surface area contributed by atoms with E-state index in [2.05, 4.69) is 70.9 Å². The second-order valence-electron chi connectivity index (χ2n) is 6.38. The van der Waals surface area contributed by atoms with E-state index in [9.17, 15) is 0 Å². The van der Waals surface area contributed by atoms with E-state index in [0.717, 1.165) is 3.70 Å². The average Bonchev–Trinajstić information content (AvgIpc) is 2.73. The van der Waals surface area contributed by atoms with Crippen LogP contribution in [0.15, 0.2) is 4.60 Å². The molecule has 1 atom stereocenters. The molecule has 1 aromatic rings. The molecule has 2 nitrogen and oxygen atoms in total. The SMILES string of the molecule is CCCCCCCC(C)(CCCC)n1nc(I)c(C)c1Br. The van der Waals surface area contributed by atoms with Gasteiger partial charge in [-0.2, -0.15) is 5.10 Å². The molecule has 0 amide bonds. The van der Waals surface area contributed by atoms with Gasteiger partial charge in [-0.1, -0.05) is 58.8 Å². The van der Waals surface area contributed by atoms with Crippen molar-refractivity contribution in [2.75, 3.05) is 0 Å². The summed E-state index contributed by atoms with van der Waals surface area (Å²) in [4.78, 5) is 0. The highest BCUT2D eigenvalue weighted by Gasteiger charge is 2.29. The number of hydrogen-bond acceptors (Lipinski definition) is 1. The summed E-state index contributed by atoms with van der Waals surface area (Å²) in [5.74, 6) is 0. The molecule has 122 valence electrons. The van der Waals surface area contributed by atoms with Crippen LogP contribution in [0.4, 0.5) is 0 Å². The molecular weight excluding hydrogens is 439 g/mol. The predicted octanol–water partition coefficient (Wildman–Crippen LogP) is 6.82. The minimum atomic E-state index is 0.148. The first-order valence-electron chi connectivity index (χ1n) is 8.37. The number of halogens is 2. The predicted molar refractivity (Wildman–Crippen MR) is 104 cm³/mol. The van der Waals surface area contributed by atoms with Crippen molar-refractivity contribution < 1.29 is 0 Å². The first kappa shape index (κ1) is 19.5. The van der Waals surface area contributed by atoms with Crippen LogP contribution in [0.5, 0.6) is 0 Å². The minimum Gasteiger partial charge on any atom is -0.251 e. The van der Waals surface area contributed by atoms with E-state index < -0.39 is 0 Å². The summed E-state index contributed by atoms with van der Waals surface area (Å²) in [6, 6.07) is 0. The number of rotatable bonds is 10. The summed E-state index contributed by atoms with van der Waals surface area (Å²) in [6.45, 7) is 9.08. The number of aromatic nitrogens is 2. The van der Waals surface area contributed by atoms with Crippen LogP contribution >= 0.6 is 38.5 Å². The van der Waals surface area contributed by atoms with Gasteiger partial charge in [0.2, 0.25) is 0 Å². The molecule has 0 radical (unpaired) electrons. The van der Waals surface area contributed by atoms with Gasteiger partial charge in [-0.25, -0.2) is 0 Å². The molecule has 0 aliphatic heterocycles. The van der Waals surface area contributed by atoms with Gasteiger partial charge in [0.1, 0.15) is 8.30 Å². The molecule has 0 aromatic carbocycles. The van der Waals surface area contributed by atoms with Crippen molar-refractivity contribution >= 4 is 38.5 Å². The monoisotopic (exact) mass is 468 g/mol. The highest BCUT2D eigenvalue weighted by Crippen LogP contribution is 2.34. The summed E-state index contributed by atoms with van der Waals surface area (Å²) in [6.07, 6.45) is 11.7. The average molecular weight is 469 g/mol. The Morgan fingerprint density at radius 3 is 2.14 bits per heavy atom. The van der Waals surface area contributed by atoms with Gasteiger partial charge in [-0.15, -0.1) is 0 Å². The summed E-state index contributed by atoms with van der Waals surface area (Å²) >= 11 is 6.10. The lowest BCUT2D eigenvalue weighted by Crippen LogP contribution is -2.31. The molecule has 1 unspecified atom stereocenters. The van der Waals surface area contributed by atoms with Gasteiger partial charge in [0.15, 0.2) is 0 Å². The Morgan fingerprint density at radius 2 is 1.62 bits per heavy atom. The molecule has 1 aromatic heterocycles. The van der Waals surface area contributed by atoms with Crippen molar-refractivity contribution in [1.29, 1.82) is 0 Å². The van der Waals surface area contributed by atoms with Crippen molar-refractivity contribution in [1.82, 2.24) is 9.78 Å². The number of unbranched alkanes of at least 4 members (excludes halogenated alkanes) is 5. The molecule has 1 heterocycles. The Labute approximate surface area is 152 Å². The van der Waals surface area contributed by atoms with Crippen molar-refractivity contribution in [3.63, 3.8) is 0 Å². The molecule has 0 aliphatic rings. The third-order valence-corrected chi connectivity index (χ3v) is 6.35. The Kier molecular flexibility index (Phi) is 8.84. The lowest BCUT2D eigenvalue weighted by atomic mass is 9.88. The highest BCUT2D eigenvalue weighted by atomic mass is 127. The maximum Gasteiger partial charge on any atom is 0.127 e. The Morgan fingerprint density at radius 1 is 1.05 bits per heavy atom. The van der Waals surface area contributed by atoms with E-state index >= 15 is 0 Å². The lowest BCUT2D eigenvalue weighted by Gasteiger charge is -2.31. The lowest BCUT2D eigenvalue weighted by molar-refractivity contribution is 0.223. The second kappa shape index (κ2) is 9.53. The number of nitrogens with zero attached hydrogens (tertiary/aromatic N) is 2. The van der Waals surface area contributed by atoms with Crippen LogP contribution in [0.25, 0.3) is 0 Å². The van der Waals surface area contributed by atoms with Crippen LogP contribution in [0, 0.1) is 10.6 Å². The largest absolute Gasteiger partial charge is 0.251 e. The van der Waals surface area contributed by atoms with Crippen LogP contribution in [0.3, 0.4) is 0 Å². The zero-order valence-corrected chi connectivity index (χ0v) is 17.8. The van der Waals surface area contributed by atoms with E-state index in [1.54, 1.807) is 0 Å². The molecule has 0 bridgehead atoms. The quantitative estimate of drug-likeness (QED) is 0.272. The molecule has 0 spiro atoms. The Balaban J connectivity index is 2.79. The summed E-state index contributed by atoms with van der Waals surface area (Å²) in [7, 11) is 0.